The van der Waals surface area contributed by atoms with Crippen molar-refractivity contribution in [3.8, 4) is 0 Å². The number of nitrogens with zero attached hydrogens (tertiary/aromatic N) is 4. The summed E-state index contributed by atoms with van der Waals surface area (Å²) in [5.41, 5.74) is 2.88. The lowest BCUT2D eigenvalue weighted by molar-refractivity contribution is -0.116. The summed E-state index contributed by atoms with van der Waals surface area (Å²) < 4.78 is 1.70. The van der Waals surface area contributed by atoms with Crippen LogP contribution in [0.1, 0.15) is 30.9 Å². The van der Waals surface area contributed by atoms with Crippen LogP contribution in [0.5, 0.6) is 0 Å². The van der Waals surface area contributed by atoms with Crippen LogP contribution in [0.25, 0.3) is 0 Å². The van der Waals surface area contributed by atoms with Crippen LogP contribution in [-0.2, 0) is 4.79 Å². The minimum absolute atomic E-state index is 0.180. The van der Waals surface area contributed by atoms with Crippen LogP contribution in [-0.4, -0.2) is 26.0 Å². The summed E-state index contributed by atoms with van der Waals surface area (Å²) in [6.45, 7) is 0. The lowest BCUT2D eigenvalue weighted by atomic mass is 9.86. The van der Waals surface area contributed by atoms with E-state index in [0.29, 0.717) is 12.4 Å². The predicted octanol–water partition coefficient (Wildman–Crippen LogP) is 1.76. The maximum atomic E-state index is 12.3. The average Bonchev–Trinajstić information content (AvgIpc) is 3.07. The highest BCUT2D eigenvalue weighted by atomic mass is 32.1. The molecule has 2 aromatic heterocycles. The lowest BCUT2D eigenvalue weighted by Gasteiger charge is -2.30. The zero-order chi connectivity index (χ0) is 12.8. The molecule has 0 saturated heterocycles. The van der Waals surface area contributed by atoms with E-state index >= 15 is 0 Å². The first-order chi connectivity index (χ1) is 9.34. The highest BCUT2D eigenvalue weighted by Gasteiger charge is 2.36. The number of tetrazole rings is 1. The molecule has 2 aliphatic rings. The fourth-order valence-corrected chi connectivity index (χ4v) is 3.44. The number of ketones is 1. The van der Waals surface area contributed by atoms with E-state index in [2.05, 4.69) is 20.8 Å². The third kappa shape index (κ3) is 1.54. The molecule has 4 rings (SSSR count). The largest absolute Gasteiger partial charge is 0.326 e. The van der Waals surface area contributed by atoms with Gasteiger partial charge in [-0.05, 0) is 45.7 Å². The Bertz CT molecular complexity index is 672. The molecule has 6 nitrogen and oxygen atoms in total. The van der Waals surface area contributed by atoms with E-state index in [1.807, 2.05) is 16.8 Å². The second kappa shape index (κ2) is 3.99. The number of carbonyl (C=O) groups is 1. The summed E-state index contributed by atoms with van der Waals surface area (Å²) in [4.78, 5) is 12.3. The molecule has 0 spiro atoms. The van der Waals surface area contributed by atoms with Gasteiger partial charge in [-0.3, -0.25) is 4.79 Å². The first-order valence-corrected chi connectivity index (χ1v) is 7.12. The monoisotopic (exact) mass is 273 g/mol. The third-order valence-corrected chi connectivity index (χ3v) is 4.29. The van der Waals surface area contributed by atoms with Crippen molar-refractivity contribution in [2.45, 2.75) is 25.3 Å². The molecule has 0 amide bonds. The van der Waals surface area contributed by atoms with Crippen molar-refractivity contribution in [3.05, 3.63) is 33.7 Å². The lowest BCUT2D eigenvalue weighted by Crippen LogP contribution is -2.31. The van der Waals surface area contributed by atoms with Gasteiger partial charge in [0.15, 0.2) is 5.78 Å². The van der Waals surface area contributed by atoms with Crippen molar-refractivity contribution in [2.75, 3.05) is 5.32 Å². The van der Waals surface area contributed by atoms with E-state index in [9.17, 15) is 4.79 Å². The SMILES string of the molecule is O=C1CCCC2=C1[C@H](c1ccsc1)n1nnnc1N2. The topological polar surface area (TPSA) is 72.7 Å². The molecular formula is C12H11N5OS. The Balaban J connectivity index is 1.93. The summed E-state index contributed by atoms with van der Waals surface area (Å²) in [7, 11) is 0. The summed E-state index contributed by atoms with van der Waals surface area (Å²) >= 11 is 1.61. The average molecular weight is 273 g/mol. The maximum Gasteiger partial charge on any atom is 0.248 e. The van der Waals surface area contributed by atoms with E-state index in [4.69, 9.17) is 0 Å². The van der Waals surface area contributed by atoms with Crippen molar-refractivity contribution in [1.82, 2.24) is 20.2 Å². The van der Waals surface area contributed by atoms with Crippen LogP contribution < -0.4 is 5.32 Å². The molecule has 19 heavy (non-hydrogen) atoms. The number of anilines is 1. The maximum absolute atomic E-state index is 12.3. The van der Waals surface area contributed by atoms with Gasteiger partial charge >= 0.3 is 0 Å². The zero-order valence-electron chi connectivity index (χ0n) is 10.0. The summed E-state index contributed by atoms with van der Waals surface area (Å²) in [6.07, 6.45) is 2.38. The van der Waals surface area contributed by atoms with E-state index in [-0.39, 0.29) is 11.8 Å². The van der Waals surface area contributed by atoms with Crippen molar-refractivity contribution >= 4 is 23.1 Å². The Hall–Kier alpha value is -2.02. The predicted molar refractivity (Wildman–Crippen MR) is 69.8 cm³/mol. The molecule has 7 heteroatoms. The van der Waals surface area contributed by atoms with Gasteiger partial charge in [0.25, 0.3) is 0 Å². The number of Topliss-reactive ketones (excluding diaryl/α,β-unsaturated/α-hetero) is 1. The van der Waals surface area contributed by atoms with Crippen LogP contribution in [0.15, 0.2) is 28.1 Å². The molecule has 1 atom stereocenters. The van der Waals surface area contributed by atoms with Crippen molar-refractivity contribution in [2.24, 2.45) is 0 Å². The molecule has 1 N–H and O–H groups in total. The quantitative estimate of drug-likeness (QED) is 0.857. The molecule has 2 aromatic rings. The summed E-state index contributed by atoms with van der Waals surface area (Å²) in [5, 5.41) is 19.0. The number of fused-ring (bicyclic) bond motifs is 1. The number of hydrogen-bond acceptors (Lipinski definition) is 6. The van der Waals surface area contributed by atoms with Crippen LogP contribution >= 0.6 is 11.3 Å². The van der Waals surface area contributed by atoms with Gasteiger partial charge in [0.05, 0.1) is 0 Å². The number of allylic oxidation sites excluding steroid dienone is 2. The molecule has 0 fully saturated rings. The Morgan fingerprint density at radius 1 is 1.42 bits per heavy atom. The highest BCUT2D eigenvalue weighted by Crippen LogP contribution is 2.39. The Morgan fingerprint density at radius 3 is 3.21 bits per heavy atom. The van der Waals surface area contributed by atoms with Crippen LogP contribution in [0.4, 0.5) is 5.95 Å². The minimum atomic E-state index is -0.180. The van der Waals surface area contributed by atoms with E-state index in [1.54, 1.807) is 16.0 Å². The van der Waals surface area contributed by atoms with Gasteiger partial charge in [-0.25, -0.2) is 0 Å². The van der Waals surface area contributed by atoms with Gasteiger partial charge in [-0.1, -0.05) is 5.10 Å². The normalized spacial score (nSPS) is 21.9. The smallest absolute Gasteiger partial charge is 0.248 e. The standard InChI is InChI=1S/C12H11N5OS/c18-9-3-1-2-8-10(9)11(7-4-5-19-6-7)17-12(13-8)14-15-16-17/h4-6,11H,1-3H2,(H,13,14,16)/t11-/m0/s1. The van der Waals surface area contributed by atoms with Crippen molar-refractivity contribution in [3.63, 3.8) is 0 Å². The highest BCUT2D eigenvalue weighted by molar-refractivity contribution is 7.08. The Kier molecular flexibility index (Phi) is 2.28. The first-order valence-electron chi connectivity index (χ1n) is 6.18. The van der Waals surface area contributed by atoms with Gasteiger partial charge in [-0.15, -0.1) is 0 Å². The number of rotatable bonds is 1. The Labute approximate surface area is 113 Å². The number of hydrogen-bond donors (Lipinski definition) is 1. The molecule has 1 aliphatic carbocycles. The molecule has 1 aliphatic heterocycles. The second-order valence-corrected chi connectivity index (χ2v) is 5.48. The fraction of sp³-hybridized carbons (Fsp3) is 0.333. The Morgan fingerprint density at radius 2 is 2.37 bits per heavy atom. The van der Waals surface area contributed by atoms with Crippen molar-refractivity contribution < 1.29 is 4.79 Å². The van der Waals surface area contributed by atoms with Crippen LogP contribution in [0, 0.1) is 0 Å². The first kappa shape index (κ1) is 10.9. The molecule has 0 aromatic carbocycles. The van der Waals surface area contributed by atoms with Gasteiger partial charge in [-0.2, -0.15) is 16.0 Å². The van der Waals surface area contributed by atoms with Crippen LogP contribution in [0.2, 0.25) is 0 Å². The molecule has 0 radical (unpaired) electrons. The third-order valence-electron chi connectivity index (χ3n) is 3.59. The minimum Gasteiger partial charge on any atom is -0.326 e. The number of carbonyl (C=O) groups excluding carboxylic acids is 1. The number of nitrogens with one attached hydrogen (secondary N) is 1. The molecule has 0 bridgehead atoms. The number of aromatic nitrogens is 4. The number of thiophene rings is 1. The van der Waals surface area contributed by atoms with E-state index in [0.717, 1.165) is 29.7 Å². The second-order valence-electron chi connectivity index (χ2n) is 4.70. The summed E-state index contributed by atoms with van der Waals surface area (Å²) in [5.74, 6) is 0.816. The van der Waals surface area contributed by atoms with Gasteiger partial charge < -0.3 is 5.32 Å². The van der Waals surface area contributed by atoms with Gasteiger partial charge in [0.1, 0.15) is 6.04 Å². The fourth-order valence-electron chi connectivity index (χ4n) is 2.76. The molecule has 96 valence electrons. The van der Waals surface area contributed by atoms with Crippen molar-refractivity contribution in [1.29, 1.82) is 0 Å². The van der Waals surface area contributed by atoms with E-state index < -0.39 is 0 Å². The van der Waals surface area contributed by atoms with Crippen LogP contribution in [0.3, 0.4) is 0 Å². The van der Waals surface area contributed by atoms with Gasteiger partial charge in [0, 0.05) is 17.7 Å². The molecule has 0 saturated carbocycles. The van der Waals surface area contributed by atoms with Gasteiger partial charge in [0.2, 0.25) is 5.95 Å². The summed E-state index contributed by atoms with van der Waals surface area (Å²) in [6, 6.07) is 1.85. The molecular weight excluding hydrogens is 262 g/mol. The molecule has 3 heterocycles. The van der Waals surface area contributed by atoms with E-state index in [1.165, 1.54) is 0 Å². The molecule has 0 unspecified atom stereocenters. The zero-order valence-corrected chi connectivity index (χ0v) is 10.9.